The molecule has 3 amide bonds. The van der Waals surface area contributed by atoms with Crippen LogP contribution in [0.4, 0.5) is 24.5 Å². The first-order valence-electron chi connectivity index (χ1n) is 15.6. The van der Waals surface area contributed by atoms with Gasteiger partial charge in [0.2, 0.25) is 5.91 Å². The summed E-state index contributed by atoms with van der Waals surface area (Å²) in [7, 11) is 2.98. The summed E-state index contributed by atoms with van der Waals surface area (Å²) in [5.74, 6) is -0.878. The number of ether oxygens (including phenoxy) is 2. The van der Waals surface area contributed by atoms with Gasteiger partial charge in [0.05, 0.1) is 25.5 Å². The van der Waals surface area contributed by atoms with Crippen LogP contribution in [0, 0.1) is 0 Å². The molecule has 5 rings (SSSR count). The van der Waals surface area contributed by atoms with Gasteiger partial charge < -0.3 is 25.4 Å². The number of methoxy groups -OCH3 is 2. The normalized spacial score (nSPS) is 12.0. The molecular weight excluding hydrogens is 715 g/mol. The minimum Gasteiger partial charge on any atom is -0.497 e. The second-order valence-electron chi connectivity index (χ2n) is 11.1. The molecule has 8 nitrogen and oxygen atoms in total. The van der Waals surface area contributed by atoms with Gasteiger partial charge in [-0.1, -0.05) is 60.1 Å². The van der Waals surface area contributed by atoms with Gasteiger partial charge >= 0.3 is 6.18 Å². The third-order valence-corrected chi connectivity index (χ3v) is 9.02. The van der Waals surface area contributed by atoms with E-state index in [9.17, 15) is 27.6 Å². The lowest BCUT2D eigenvalue weighted by molar-refractivity contribution is -0.137. The van der Waals surface area contributed by atoms with Crippen LogP contribution < -0.4 is 25.4 Å². The van der Waals surface area contributed by atoms with Crippen molar-refractivity contribution in [2.75, 3.05) is 24.9 Å². The molecule has 0 bridgehead atoms. The Labute approximate surface area is 307 Å². The Balaban J connectivity index is 1.38. The van der Waals surface area contributed by atoms with Crippen LogP contribution in [0.15, 0.2) is 132 Å². The summed E-state index contributed by atoms with van der Waals surface area (Å²) in [6.07, 6.45) is -3.27. The van der Waals surface area contributed by atoms with Crippen molar-refractivity contribution < 1.29 is 37.0 Å². The molecule has 266 valence electrons. The summed E-state index contributed by atoms with van der Waals surface area (Å²) >= 11 is 6.93. The van der Waals surface area contributed by atoms with E-state index in [4.69, 9.17) is 21.1 Å². The highest BCUT2D eigenvalue weighted by Gasteiger charge is 2.35. The molecule has 0 radical (unpaired) electrons. The fourth-order valence-corrected chi connectivity index (χ4v) is 6.14. The Morgan fingerprint density at radius 1 is 0.788 bits per heavy atom. The number of rotatable bonds is 12. The van der Waals surface area contributed by atoms with E-state index in [1.165, 1.54) is 26.4 Å². The van der Waals surface area contributed by atoms with Crippen LogP contribution in [-0.4, -0.2) is 31.9 Å². The Bertz CT molecular complexity index is 2080. The minimum atomic E-state index is -4.75. The molecule has 0 aliphatic rings. The van der Waals surface area contributed by atoms with E-state index in [0.717, 1.165) is 23.9 Å². The SMILES string of the molecule is COc1ccc(/C=C(\NC(=O)c2ccccc2)C(=O)Nc2ccc(SC(C(=O)Nc3ccc(Cl)cc3C(F)(F)F)c3ccccc3)cc2)c(OC)c1. The molecule has 1 unspecified atom stereocenters. The van der Waals surface area contributed by atoms with Crippen molar-refractivity contribution in [3.8, 4) is 11.5 Å². The Hall–Kier alpha value is -5.72. The zero-order valence-electron chi connectivity index (χ0n) is 27.7. The van der Waals surface area contributed by atoms with Gasteiger partial charge in [0.1, 0.15) is 22.4 Å². The molecule has 0 aliphatic carbocycles. The van der Waals surface area contributed by atoms with E-state index in [2.05, 4.69) is 16.0 Å². The van der Waals surface area contributed by atoms with Crippen LogP contribution >= 0.6 is 23.4 Å². The average molecular weight is 746 g/mol. The van der Waals surface area contributed by atoms with E-state index in [0.29, 0.717) is 38.8 Å². The molecule has 0 aliphatic heterocycles. The second kappa shape index (κ2) is 17.0. The van der Waals surface area contributed by atoms with Gasteiger partial charge in [-0.3, -0.25) is 14.4 Å². The Morgan fingerprint density at radius 2 is 1.46 bits per heavy atom. The molecule has 0 saturated heterocycles. The topological polar surface area (TPSA) is 106 Å². The van der Waals surface area contributed by atoms with E-state index in [-0.39, 0.29) is 10.7 Å². The first-order valence-corrected chi connectivity index (χ1v) is 16.8. The molecule has 0 spiro atoms. The van der Waals surface area contributed by atoms with Gasteiger partial charge in [0, 0.05) is 32.8 Å². The van der Waals surface area contributed by atoms with E-state index < -0.39 is 40.4 Å². The molecule has 5 aromatic rings. The maximum atomic E-state index is 13.8. The fraction of sp³-hybridized carbons (Fsp3) is 0.103. The summed E-state index contributed by atoms with van der Waals surface area (Å²) in [6, 6.07) is 31.7. The van der Waals surface area contributed by atoms with E-state index in [1.807, 2.05) is 0 Å². The number of amides is 3. The number of thioether (sulfide) groups is 1. The lowest BCUT2D eigenvalue weighted by Crippen LogP contribution is -2.30. The van der Waals surface area contributed by atoms with E-state index in [1.54, 1.807) is 103 Å². The van der Waals surface area contributed by atoms with Gasteiger partial charge in [-0.2, -0.15) is 13.2 Å². The van der Waals surface area contributed by atoms with Gasteiger partial charge in [-0.05, 0) is 78.4 Å². The number of alkyl halides is 3. The van der Waals surface area contributed by atoms with Crippen molar-refractivity contribution in [3.63, 3.8) is 0 Å². The number of benzene rings is 5. The third-order valence-electron chi connectivity index (χ3n) is 7.52. The molecule has 5 aromatic carbocycles. The van der Waals surface area contributed by atoms with Crippen molar-refractivity contribution >= 4 is 58.5 Å². The largest absolute Gasteiger partial charge is 0.497 e. The van der Waals surface area contributed by atoms with Crippen LogP contribution in [0.25, 0.3) is 6.08 Å². The minimum absolute atomic E-state index is 0.0722. The number of halogens is 4. The Kier molecular flexibility index (Phi) is 12.3. The van der Waals surface area contributed by atoms with Crippen molar-refractivity contribution in [2.24, 2.45) is 0 Å². The number of carbonyl (C=O) groups excluding carboxylic acids is 3. The summed E-state index contributed by atoms with van der Waals surface area (Å²) in [5.41, 5.74) is 0.208. The highest BCUT2D eigenvalue weighted by Crippen LogP contribution is 2.40. The van der Waals surface area contributed by atoms with Crippen LogP contribution in [0.3, 0.4) is 0 Å². The number of anilines is 2. The van der Waals surface area contributed by atoms with Gasteiger partial charge in [-0.15, -0.1) is 11.8 Å². The predicted octanol–water partition coefficient (Wildman–Crippen LogP) is 9.26. The van der Waals surface area contributed by atoms with Crippen LogP contribution in [-0.2, 0) is 15.8 Å². The summed E-state index contributed by atoms with van der Waals surface area (Å²) in [6.45, 7) is 0. The molecule has 3 N–H and O–H groups in total. The molecule has 0 fully saturated rings. The monoisotopic (exact) mass is 745 g/mol. The highest BCUT2D eigenvalue weighted by atomic mass is 35.5. The van der Waals surface area contributed by atoms with Crippen molar-refractivity contribution in [1.82, 2.24) is 5.32 Å². The predicted molar refractivity (Wildman–Crippen MR) is 197 cm³/mol. The van der Waals surface area contributed by atoms with Crippen LogP contribution in [0.5, 0.6) is 11.5 Å². The lowest BCUT2D eigenvalue weighted by atomic mass is 10.1. The van der Waals surface area contributed by atoms with Crippen LogP contribution in [0.2, 0.25) is 5.02 Å². The van der Waals surface area contributed by atoms with Crippen molar-refractivity contribution in [3.05, 3.63) is 154 Å². The molecule has 0 saturated carbocycles. The molecule has 0 aromatic heterocycles. The number of nitrogens with one attached hydrogen (secondary N) is 3. The Morgan fingerprint density at radius 3 is 2.10 bits per heavy atom. The molecule has 52 heavy (non-hydrogen) atoms. The first kappa shape index (κ1) is 37.5. The van der Waals surface area contributed by atoms with Crippen molar-refractivity contribution in [2.45, 2.75) is 16.3 Å². The zero-order chi connectivity index (χ0) is 37.3. The smallest absolute Gasteiger partial charge is 0.418 e. The highest BCUT2D eigenvalue weighted by molar-refractivity contribution is 8.00. The average Bonchev–Trinajstić information content (AvgIpc) is 3.15. The van der Waals surface area contributed by atoms with E-state index >= 15 is 0 Å². The fourth-order valence-electron chi connectivity index (χ4n) is 4.95. The van der Waals surface area contributed by atoms with Gasteiger partial charge in [-0.25, -0.2) is 0 Å². The number of hydrogen-bond donors (Lipinski definition) is 3. The summed E-state index contributed by atoms with van der Waals surface area (Å²) < 4.78 is 52.0. The van der Waals surface area contributed by atoms with Crippen LogP contribution in [0.1, 0.15) is 32.3 Å². The molecule has 1 atom stereocenters. The molecular formula is C39H31ClF3N3O5S. The standard InChI is InChI=1S/C39H31ClF3N3O5S/c1-50-29-17-13-26(34(23-29)51-2)21-33(46-36(47)25-11-7-4-8-12-25)37(48)44-28-15-18-30(19-16-28)52-35(24-9-5-3-6-10-24)38(49)45-32-20-14-27(40)22-31(32)39(41,42)43/h3-23,35H,1-2H3,(H,44,48)(H,45,49)(H,46,47)/b33-21-. The maximum Gasteiger partial charge on any atom is 0.418 e. The number of hydrogen-bond acceptors (Lipinski definition) is 6. The summed E-state index contributed by atoms with van der Waals surface area (Å²) in [4.78, 5) is 40.9. The summed E-state index contributed by atoms with van der Waals surface area (Å²) in [5, 5.41) is 6.82. The van der Waals surface area contributed by atoms with Gasteiger partial charge in [0.15, 0.2) is 0 Å². The molecule has 13 heteroatoms. The maximum absolute atomic E-state index is 13.8. The first-order chi connectivity index (χ1) is 24.9. The zero-order valence-corrected chi connectivity index (χ0v) is 29.2. The number of carbonyl (C=O) groups is 3. The van der Waals surface area contributed by atoms with Crippen molar-refractivity contribution in [1.29, 1.82) is 0 Å². The van der Waals surface area contributed by atoms with Gasteiger partial charge in [0.25, 0.3) is 11.8 Å². The third kappa shape index (κ3) is 9.74. The lowest BCUT2D eigenvalue weighted by Gasteiger charge is -2.20. The quantitative estimate of drug-likeness (QED) is 0.0869. The molecule has 0 heterocycles. The second-order valence-corrected chi connectivity index (χ2v) is 12.7.